The smallest absolute Gasteiger partial charge is 0.214 e. The average Bonchev–Trinajstić information content (AvgIpc) is 2.77. The molecule has 1 fully saturated rings. The maximum absolute atomic E-state index is 12.1. The first kappa shape index (κ1) is 15.2. The van der Waals surface area contributed by atoms with Gasteiger partial charge in [-0.1, -0.05) is 13.8 Å². The third kappa shape index (κ3) is 4.73. The van der Waals surface area contributed by atoms with Crippen molar-refractivity contribution in [3.05, 3.63) is 0 Å². The lowest BCUT2D eigenvalue weighted by Gasteiger charge is -2.24. The van der Waals surface area contributed by atoms with E-state index in [-0.39, 0.29) is 17.8 Å². The number of halogens is 1. The van der Waals surface area contributed by atoms with E-state index in [2.05, 4.69) is 0 Å². The van der Waals surface area contributed by atoms with Crippen LogP contribution in [-0.2, 0) is 14.8 Å². The SMILES string of the molecule is CCN(CC1CCCO1)S(=O)(=O)CC(C)CCl. The third-order valence-corrected chi connectivity index (χ3v) is 5.65. The van der Waals surface area contributed by atoms with Crippen molar-refractivity contribution in [1.29, 1.82) is 0 Å². The summed E-state index contributed by atoms with van der Waals surface area (Å²) in [6.45, 7) is 5.44. The zero-order chi connectivity index (χ0) is 12.9. The summed E-state index contributed by atoms with van der Waals surface area (Å²) in [4.78, 5) is 0. The average molecular weight is 284 g/mol. The summed E-state index contributed by atoms with van der Waals surface area (Å²) in [5, 5.41) is 0. The lowest BCUT2D eigenvalue weighted by Crippen LogP contribution is -2.39. The molecule has 0 spiro atoms. The van der Waals surface area contributed by atoms with Crippen LogP contribution in [-0.4, -0.2) is 50.2 Å². The molecule has 2 atom stereocenters. The fourth-order valence-electron chi connectivity index (χ4n) is 1.96. The van der Waals surface area contributed by atoms with Crippen molar-refractivity contribution in [3.63, 3.8) is 0 Å². The molecule has 0 aromatic heterocycles. The predicted octanol–water partition coefficient (Wildman–Crippen LogP) is 1.69. The zero-order valence-electron chi connectivity index (χ0n) is 10.6. The minimum absolute atomic E-state index is 0.0137. The van der Waals surface area contributed by atoms with E-state index in [9.17, 15) is 8.42 Å². The lowest BCUT2D eigenvalue weighted by molar-refractivity contribution is 0.0946. The monoisotopic (exact) mass is 283 g/mol. The minimum atomic E-state index is -3.20. The van der Waals surface area contributed by atoms with Gasteiger partial charge in [-0.3, -0.25) is 0 Å². The largest absolute Gasteiger partial charge is 0.377 e. The summed E-state index contributed by atoms with van der Waals surface area (Å²) in [6, 6.07) is 0. The van der Waals surface area contributed by atoms with Crippen molar-refractivity contribution in [1.82, 2.24) is 4.31 Å². The molecule has 1 saturated heterocycles. The Morgan fingerprint density at radius 3 is 2.71 bits per heavy atom. The third-order valence-electron chi connectivity index (χ3n) is 2.94. The summed E-state index contributed by atoms with van der Waals surface area (Å²) in [7, 11) is -3.20. The molecular formula is C11H22ClNO3S. The molecule has 0 bridgehead atoms. The summed E-state index contributed by atoms with van der Waals surface area (Å²) in [5.74, 6) is 0.480. The molecule has 2 unspecified atom stereocenters. The quantitative estimate of drug-likeness (QED) is 0.668. The van der Waals surface area contributed by atoms with Crippen LogP contribution in [0.5, 0.6) is 0 Å². The normalized spacial score (nSPS) is 23.2. The summed E-state index contributed by atoms with van der Waals surface area (Å²) in [6.07, 6.45) is 2.05. The maximum atomic E-state index is 12.1. The highest BCUT2D eigenvalue weighted by atomic mass is 35.5. The molecule has 0 aromatic rings. The van der Waals surface area contributed by atoms with E-state index in [1.54, 1.807) is 0 Å². The number of sulfonamides is 1. The molecule has 6 heteroatoms. The van der Waals surface area contributed by atoms with E-state index in [1.165, 1.54) is 4.31 Å². The molecule has 0 aliphatic carbocycles. The Morgan fingerprint density at radius 2 is 2.24 bits per heavy atom. The molecular weight excluding hydrogens is 262 g/mol. The minimum Gasteiger partial charge on any atom is -0.377 e. The highest BCUT2D eigenvalue weighted by Crippen LogP contribution is 2.16. The van der Waals surface area contributed by atoms with Crippen LogP contribution in [0.4, 0.5) is 0 Å². The zero-order valence-corrected chi connectivity index (χ0v) is 12.1. The molecule has 0 radical (unpaired) electrons. The lowest BCUT2D eigenvalue weighted by atomic mass is 10.2. The summed E-state index contributed by atoms with van der Waals surface area (Å²) < 4.78 is 31.3. The molecule has 102 valence electrons. The van der Waals surface area contributed by atoms with Crippen molar-refractivity contribution >= 4 is 21.6 Å². The molecule has 17 heavy (non-hydrogen) atoms. The van der Waals surface area contributed by atoms with Crippen LogP contribution in [0.3, 0.4) is 0 Å². The number of hydrogen-bond donors (Lipinski definition) is 0. The molecule has 4 nitrogen and oxygen atoms in total. The molecule has 0 aromatic carbocycles. The van der Waals surface area contributed by atoms with Gasteiger partial charge in [-0.15, -0.1) is 11.6 Å². The molecule has 1 aliphatic rings. The van der Waals surface area contributed by atoms with E-state index in [1.807, 2.05) is 13.8 Å². The molecule has 0 N–H and O–H groups in total. The fourth-order valence-corrected chi connectivity index (χ4v) is 4.04. The van der Waals surface area contributed by atoms with Crippen LogP contribution < -0.4 is 0 Å². The second-order valence-electron chi connectivity index (χ2n) is 4.62. The highest BCUT2D eigenvalue weighted by molar-refractivity contribution is 7.89. The van der Waals surface area contributed by atoms with Crippen molar-refractivity contribution in [2.24, 2.45) is 5.92 Å². The van der Waals surface area contributed by atoms with Gasteiger partial charge in [0.05, 0.1) is 11.9 Å². The first-order valence-corrected chi connectivity index (χ1v) is 8.29. The van der Waals surface area contributed by atoms with Crippen molar-refractivity contribution in [2.75, 3.05) is 31.3 Å². The van der Waals surface area contributed by atoms with E-state index in [4.69, 9.17) is 16.3 Å². The van der Waals surface area contributed by atoms with E-state index >= 15 is 0 Å². The van der Waals surface area contributed by atoms with Crippen LogP contribution in [0, 0.1) is 5.92 Å². The number of rotatable bonds is 7. The van der Waals surface area contributed by atoms with Crippen LogP contribution >= 0.6 is 11.6 Å². The van der Waals surface area contributed by atoms with Gasteiger partial charge >= 0.3 is 0 Å². The van der Waals surface area contributed by atoms with E-state index in [0.717, 1.165) is 19.4 Å². The van der Waals surface area contributed by atoms with Gasteiger partial charge in [0, 0.05) is 25.6 Å². The number of nitrogens with zero attached hydrogens (tertiary/aromatic N) is 1. The molecule has 1 heterocycles. The molecule has 1 aliphatic heterocycles. The van der Waals surface area contributed by atoms with Gasteiger partial charge in [0.2, 0.25) is 10.0 Å². The first-order valence-electron chi connectivity index (χ1n) is 6.15. The van der Waals surface area contributed by atoms with E-state index in [0.29, 0.717) is 19.0 Å². The Kier molecular flexibility index (Phi) is 6.20. The predicted molar refractivity (Wildman–Crippen MR) is 69.9 cm³/mol. The van der Waals surface area contributed by atoms with Crippen molar-refractivity contribution < 1.29 is 13.2 Å². The van der Waals surface area contributed by atoms with Crippen LogP contribution in [0.2, 0.25) is 0 Å². The van der Waals surface area contributed by atoms with Gasteiger partial charge in [-0.25, -0.2) is 8.42 Å². The van der Waals surface area contributed by atoms with Gasteiger partial charge in [0.15, 0.2) is 0 Å². The molecule has 1 rings (SSSR count). The number of ether oxygens (including phenoxy) is 1. The van der Waals surface area contributed by atoms with E-state index < -0.39 is 10.0 Å². The molecule has 0 saturated carbocycles. The van der Waals surface area contributed by atoms with Gasteiger partial charge in [-0.2, -0.15) is 4.31 Å². The van der Waals surface area contributed by atoms with Crippen LogP contribution in [0.25, 0.3) is 0 Å². The van der Waals surface area contributed by atoms with Gasteiger partial charge in [-0.05, 0) is 18.8 Å². The Balaban J connectivity index is 2.58. The number of alkyl halides is 1. The Morgan fingerprint density at radius 1 is 1.53 bits per heavy atom. The number of hydrogen-bond acceptors (Lipinski definition) is 3. The molecule has 0 amide bonds. The maximum Gasteiger partial charge on any atom is 0.214 e. The number of likely N-dealkylation sites (N-methyl/N-ethyl adjacent to an activating group) is 1. The fraction of sp³-hybridized carbons (Fsp3) is 1.00. The van der Waals surface area contributed by atoms with Crippen LogP contribution in [0.15, 0.2) is 0 Å². The highest BCUT2D eigenvalue weighted by Gasteiger charge is 2.27. The topological polar surface area (TPSA) is 46.6 Å². The first-order chi connectivity index (χ1) is 7.99. The van der Waals surface area contributed by atoms with Crippen molar-refractivity contribution in [2.45, 2.75) is 32.8 Å². The summed E-state index contributed by atoms with van der Waals surface area (Å²) in [5.41, 5.74) is 0. The van der Waals surface area contributed by atoms with Gasteiger partial charge in [0.25, 0.3) is 0 Å². The van der Waals surface area contributed by atoms with Crippen molar-refractivity contribution in [3.8, 4) is 0 Å². The Labute approximate surface area is 109 Å². The van der Waals surface area contributed by atoms with Crippen LogP contribution in [0.1, 0.15) is 26.7 Å². The summed E-state index contributed by atoms with van der Waals surface area (Å²) >= 11 is 5.67. The van der Waals surface area contributed by atoms with Gasteiger partial charge < -0.3 is 4.74 Å². The Bertz CT molecular complexity index is 315. The Hall–Kier alpha value is 0.160. The van der Waals surface area contributed by atoms with Gasteiger partial charge in [0.1, 0.15) is 0 Å². The second-order valence-corrected chi connectivity index (χ2v) is 6.95. The second kappa shape index (κ2) is 6.92. The standard InChI is InChI=1S/C11H22ClNO3S/c1-3-13(8-11-5-4-6-16-11)17(14,15)9-10(2)7-12/h10-11H,3-9H2,1-2H3.